The van der Waals surface area contributed by atoms with E-state index in [1.165, 1.54) is 11.3 Å². The van der Waals surface area contributed by atoms with Crippen molar-refractivity contribution in [1.29, 1.82) is 0 Å². The van der Waals surface area contributed by atoms with E-state index in [4.69, 9.17) is 14.1 Å². The van der Waals surface area contributed by atoms with E-state index in [1.807, 2.05) is 36.1 Å². The summed E-state index contributed by atoms with van der Waals surface area (Å²) in [6, 6.07) is 9.44. The predicted octanol–water partition coefficient (Wildman–Crippen LogP) is 3.14. The maximum Gasteiger partial charge on any atom is 0.265 e. The zero-order valence-electron chi connectivity index (χ0n) is 19.7. The van der Waals surface area contributed by atoms with Crippen LogP contribution in [-0.4, -0.2) is 64.9 Å². The first-order chi connectivity index (χ1) is 17.5. The van der Waals surface area contributed by atoms with Gasteiger partial charge in [0.2, 0.25) is 11.5 Å². The molecule has 186 valence electrons. The molecule has 1 amide bonds. The van der Waals surface area contributed by atoms with Gasteiger partial charge in [0.1, 0.15) is 6.10 Å². The van der Waals surface area contributed by atoms with Crippen LogP contribution < -0.4 is 15.5 Å². The Morgan fingerprint density at radius 3 is 2.97 bits per heavy atom. The van der Waals surface area contributed by atoms with E-state index in [1.54, 1.807) is 12.3 Å². The summed E-state index contributed by atoms with van der Waals surface area (Å²) in [6.45, 7) is 4.99. The number of aryl methyl sites for hydroxylation is 1. The maximum absolute atomic E-state index is 13.3. The summed E-state index contributed by atoms with van der Waals surface area (Å²) in [5.41, 5.74) is 3.37. The Morgan fingerprint density at radius 2 is 2.19 bits per heavy atom. The van der Waals surface area contributed by atoms with E-state index < -0.39 is 6.10 Å². The molecular weight excluding hydrogens is 480 g/mol. The number of morpholine rings is 1. The minimum absolute atomic E-state index is 0.237. The highest BCUT2D eigenvalue weighted by Crippen LogP contribution is 2.34. The number of β-amino-alcohol motifs (C(OH)–C–C–N with tert-alkyl or cyclic N) is 1. The maximum atomic E-state index is 13.3. The minimum Gasteiger partial charge on any atom is -0.436 e. The van der Waals surface area contributed by atoms with Crippen LogP contribution in [0.1, 0.15) is 33.8 Å². The fraction of sp³-hybridized carbons (Fsp3) is 0.360. The molecule has 0 bridgehead atoms. The van der Waals surface area contributed by atoms with Crippen LogP contribution in [0.4, 0.5) is 11.5 Å². The number of aromatic nitrogens is 3. The van der Waals surface area contributed by atoms with Gasteiger partial charge in [-0.1, -0.05) is 0 Å². The van der Waals surface area contributed by atoms with Crippen molar-refractivity contribution >= 4 is 40.0 Å². The monoisotopic (exact) mass is 506 g/mol. The molecule has 2 aliphatic heterocycles. The highest BCUT2D eigenvalue weighted by atomic mass is 32.1. The van der Waals surface area contributed by atoms with Gasteiger partial charge in [0, 0.05) is 49.0 Å². The number of amides is 1. The number of hydrogen-bond donors (Lipinski definition) is 3. The molecule has 4 aromatic rings. The summed E-state index contributed by atoms with van der Waals surface area (Å²) in [7, 11) is 0. The molecule has 0 spiro atoms. The molecular formula is C25H26N6O4S. The van der Waals surface area contributed by atoms with Crippen LogP contribution in [-0.2, 0) is 4.74 Å². The van der Waals surface area contributed by atoms with E-state index in [0.717, 1.165) is 22.7 Å². The number of nitrogens with zero attached hydrogens (tertiary/aromatic N) is 4. The molecule has 4 aromatic heterocycles. The van der Waals surface area contributed by atoms with Crippen molar-refractivity contribution in [3.63, 3.8) is 0 Å². The Kier molecular flexibility index (Phi) is 6.13. The number of hydrogen-bond acceptors (Lipinski definition) is 10. The number of aliphatic hydroxyl groups excluding tert-OH is 1. The normalized spacial score (nSPS) is 20.2. The molecule has 0 saturated carbocycles. The number of fused-ring (bicyclic) bond motifs is 1. The number of carbonyl (C=O) groups excluding carboxylic acids is 1. The van der Waals surface area contributed by atoms with Crippen molar-refractivity contribution in [3.8, 4) is 10.4 Å². The Balaban J connectivity index is 1.31. The molecule has 6 heterocycles. The standard InChI is InChI=1S/C25H26N6O4S/c1-14-10-15(4-6-27-14)20-2-3-21(36-20)24(33)28-17-11-18-22(29-23(17)31-8-5-16(32)13-31)30-25(35-18)19-12-26-7-9-34-19/h2-4,6,10-11,16,19,26,32H,5,7-9,12-13H2,1H3,(H,28,33). The average Bonchev–Trinajstić information content (AvgIpc) is 3.63. The molecule has 36 heavy (non-hydrogen) atoms. The van der Waals surface area contributed by atoms with Crippen LogP contribution in [0.25, 0.3) is 21.7 Å². The summed E-state index contributed by atoms with van der Waals surface area (Å²) in [4.78, 5) is 30.3. The lowest BCUT2D eigenvalue weighted by Gasteiger charge is -2.20. The summed E-state index contributed by atoms with van der Waals surface area (Å²) < 4.78 is 11.8. The molecule has 2 aliphatic rings. The lowest BCUT2D eigenvalue weighted by Crippen LogP contribution is -2.33. The first-order valence-electron chi connectivity index (χ1n) is 11.9. The summed E-state index contributed by atoms with van der Waals surface area (Å²) >= 11 is 1.41. The SMILES string of the molecule is Cc1cc(-c2ccc(C(=O)Nc3cc4oc(C5CNCCO5)nc4nc3N3CCC(O)C3)s2)ccn1. The first kappa shape index (κ1) is 23.0. The Bertz CT molecular complexity index is 1410. The lowest BCUT2D eigenvalue weighted by molar-refractivity contribution is 0.0118. The summed E-state index contributed by atoms with van der Waals surface area (Å²) in [5, 5.41) is 16.4. The minimum atomic E-state index is -0.440. The molecule has 0 aromatic carbocycles. The number of rotatable bonds is 5. The molecule has 0 radical (unpaired) electrons. The van der Waals surface area contributed by atoms with Gasteiger partial charge in [-0.2, -0.15) is 4.98 Å². The van der Waals surface area contributed by atoms with E-state index >= 15 is 0 Å². The highest BCUT2D eigenvalue weighted by Gasteiger charge is 2.28. The van der Waals surface area contributed by atoms with Gasteiger partial charge >= 0.3 is 0 Å². The summed E-state index contributed by atoms with van der Waals surface area (Å²) in [5.74, 6) is 0.784. The predicted molar refractivity (Wildman–Crippen MR) is 136 cm³/mol. The van der Waals surface area contributed by atoms with Crippen LogP contribution in [0.5, 0.6) is 0 Å². The Hall–Kier alpha value is -3.38. The number of thiophene rings is 1. The van der Waals surface area contributed by atoms with Crippen LogP contribution in [0.2, 0.25) is 0 Å². The fourth-order valence-corrected chi connectivity index (χ4v) is 5.40. The highest BCUT2D eigenvalue weighted by molar-refractivity contribution is 7.17. The van der Waals surface area contributed by atoms with Crippen LogP contribution in [0.15, 0.2) is 40.9 Å². The van der Waals surface area contributed by atoms with E-state index in [9.17, 15) is 9.90 Å². The molecule has 11 heteroatoms. The molecule has 2 saturated heterocycles. The van der Waals surface area contributed by atoms with Gasteiger partial charge in [-0.05, 0) is 43.2 Å². The van der Waals surface area contributed by atoms with Crippen molar-refractivity contribution in [2.75, 3.05) is 43.0 Å². The molecule has 2 atom stereocenters. The topological polar surface area (TPSA) is 126 Å². The van der Waals surface area contributed by atoms with Crippen LogP contribution >= 0.6 is 11.3 Å². The number of oxazole rings is 1. The van der Waals surface area contributed by atoms with E-state index in [0.29, 0.717) is 66.2 Å². The lowest BCUT2D eigenvalue weighted by atomic mass is 10.2. The van der Waals surface area contributed by atoms with Gasteiger partial charge in [0.05, 0.1) is 23.3 Å². The fourth-order valence-electron chi connectivity index (χ4n) is 4.50. The van der Waals surface area contributed by atoms with Gasteiger partial charge in [-0.25, -0.2) is 4.98 Å². The summed E-state index contributed by atoms with van der Waals surface area (Å²) in [6.07, 6.45) is 1.67. The third-order valence-electron chi connectivity index (χ3n) is 6.30. The third-order valence-corrected chi connectivity index (χ3v) is 7.44. The molecule has 10 nitrogen and oxygen atoms in total. The Labute approximate surface area is 211 Å². The van der Waals surface area contributed by atoms with Crippen molar-refractivity contribution in [2.45, 2.75) is 25.6 Å². The van der Waals surface area contributed by atoms with Gasteiger partial charge in [-0.15, -0.1) is 11.3 Å². The molecule has 3 N–H and O–H groups in total. The zero-order chi connectivity index (χ0) is 24.6. The number of ether oxygens (including phenoxy) is 1. The van der Waals surface area contributed by atoms with Crippen molar-refractivity contribution < 1.29 is 19.1 Å². The molecule has 2 fully saturated rings. The number of aliphatic hydroxyl groups is 1. The van der Waals surface area contributed by atoms with Gasteiger partial charge in [0.25, 0.3) is 5.91 Å². The number of pyridine rings is 2. The number of nitrogens with one attached hydrogen (secondary N) is 2. The number of carbonyl (C=O) groups is 1. The van der Waals surface area contributed by atoms with Crippen molar-refractivity contribution in [3.05, 3.63) is 53.0 Å². The molecule has 6 rings (SSSR count). The second-order valence-electron chi connectivity index (χ2n) is 8.99. The number of anilines is 2. The van der Waals surface area contributed by atoms with Gasteiger partial charge in [0.15, 0.2) is 11.4 Å². The Morgan fingerprint density at radius 1 is 1.28 bits per heavy atom. The smallest absolute Gasteiger partial charge is 0.265 e. The van der Waals surface area contributed by atoms with Gasteiger partial charge < -0.3 is 29.8 Å². The molecule has 0 aliphatic carbocycles. The van der Waals surface area contributed by atoms with Crippen molar-refractivity contribution in [2.24, 2.45) is 0 Å². The average molecular weight is 507 g/mol. The largest absolute Gasteiger partial charge is 0.436 e. The first-order valence-corrected chi connectivity index (χ1v) is 12.8. The van der Waals surface area contributed by atoms with E-state index in [2.05, 4.69) is 20.6 Å². The van der Waals surface area contributed by atoms with E-state index in [-0.39, 0.29) is 12.0 Å². The molecule has 2 unspecified atom stereocenters. The van der Waals surface area contributed by atoms with Gasteiger partial charge in [-0.3, -0.25) is 9.78 Å². The van der Waals surface area contributed by atoms with Crippen LogP contribution in [0, 0.1) is 6.92 Å². The zero-order valence-corrected chi connectivity index (χ0v) is 20.5. The second kappa shape index (κ2) is 9.58. The van der Waals surface area contributed by atoms with Crippen LogP contribution in [0.3, 0.4) is 0 Å². The third kappa shape index (κ3) is 4.58. The quantitative estimate of drug-likeness (QED) is 0.374. The van der Waals surface area contributed by atoms with Crippen molar-refractivity contribution in [1.82, 2.24) is 20.3 Å². The second-order valence-corrected chi connectivity index (χ2v) is 10.1.